The Hall–Kier alpha value is -1.48. The fraction of sp³-hybridized carbons (Fsp3) is 0.611. The van der Waals surface area contributed by atoms with Crippen molar-refractivity contribution in [1.82, 2.24) is 9.62 Å². The van der Waals surface area contributed by atoms with Crippen LogP contribution in [0, 0.1) is 0 Å². The average molecular weight is 382 g/mol. The molecular weight excluding hydrogens is 356 g/mol. The highest BCUT2D eigenvalue weighted by Gasteiger charge is 2.42. The summed E-state index contributed by atoms with van der Waals surface area (Å²) in [4.78, 5) is 12.4. The van der Waals surface area contributed by atoms with Crippen molar-refractivity contribution in [3.8, 4) is 0 Å². The van der Waals surface area contributed by atoms with Crippen LogP contribution in [0.15, 0.2) is 29.2 Å². The molecule has 1 N–H and O–H groups in total. The second-order valence-corrected chi connectivity index (χ2v) is 9.68. The third-order valence-electron chi connectivity index (χ3n) is 4.54. The van der Waals surface area contributed by atoms with Gasteiger partial charge in [-0.15, -0.1) is 0 Å². The summed E-state index contributed by atoms with van der Waals surface area (Å²) in [6.45, 7) is 7.51. The Labute approximate surface area is 154 Å². The molecule has 3 rings (SSSR count). The van der Waals surface area contributed by atoms with Crippen molar-refractivity contribution >= 4 is 15.9 Å². The number of benzene rings is 1. The van der Waals surface area contributed by atoms with Crippen LogP contribution < -0.4 is 5.32 Å². The van der Waals surface area contributed by atoms with Gasteiger partial charge < -0.3 is 14.8 Å². The number of piperidine rings is 1. The largest absolute Gasteiger partial charge is 0.347 e. The molecule has 0 radical (unpaired) electrons. The van der Waals surface area contributed by atoms with Crippen molar-refractivity contribution in [3.05, 3.63) is 29.8 Å². The number of amides is 1. The molecule has 2 fully saturated rings. The summed E-state index contributed by atoms with van der Waals surface area (Å²) < 4.78 is 38.4. The highest BCUT2D eigenvalue weighted by molar-refractivity contribution is 7.89. The highest BCUT2D eigenvalue weighted by atomic mass is 32.2. The van der Waals surface area contributed by atoms with Crippen molar-refractivity contribution in [2.45, 2.75) is 49.8 Å². The van der Waals surface area contributed by atoms with E-state index in [1.54, 1.807) is 12.1 Å². The zero-order valence-electron chi connectivity index (χ0n) is 15.4. The van der Waals surface area contributed by atoms with Gasteiger partial charge in [-0.1, -0.05) is 0 Å². The lowest BCUT2D eigenvalue weighted by Gasteiger charge is -2.36. The topological polar surface area (TPSA) is 84.9 Å². The predicted molar refractivity (Wildman–Crippen MR) is 96.3 cm³/mol. The zero-order valence-corrected chi connectivity index (χ0v) is 16.3. The maximum absolute atomic E-state index is 12.8. The Morgan fingerprint density at radius 3 is 2.12 bits per heavy atom. The molecule has 0 aliphatic carbocycles. The monoisotopic (exact) mass is 382 g/mol. The van der Waals surface area contributed by atoms with E-state index < -0.39 is 15.8 Å². The van der Waals surface area contributed by atoms with Crippen LogP contribution in [0.4, 0.5) is 0 Å². The number of carbonyl (C=O) groups is 1. The highest BCUT2D eigenvalue weighted by Crippen LogP contribution is 2.33. The Kier molecular flexibility index (Phi) is 5.13. The number of sulfonamides is 1. The number of nitrogens with one attached hydrogen (secondary N) is 1. The first-order valence-electron chi connectivity index (χ1n) is 8.82. The average Bonchev–Trinajstić information content (AvgIpc) is 3.02. The van der Waals surface area contributed by atoms with E-state index in [9.17, 15) is 13.2 Å². The molecule has 2 aliphatic heterocycles. The lowest BCUT2D eigenvalue weighted by Crippen LogP contribution is -2.47. The van der Waals surface area contributed by atoms with Crippen LogP contribution in [0.3, 0.4) is 0 Å². The number of rotatable bonds is 3. The Morgan fingerprint density at radius 2 is 1.62 bits per heavy atom. The summed E-state index contributed by atoms with van der Waals surface area (Å²) in [6, 6.07) is 6.06. The second kappa shape index (κ2) is 6.92. The van der Waals surface area contributed by atoms with Gasteiger partial charge in [0.1, 0.15) is 0 Å². The fourth-order valence-corrected chi connectivity index (χ4v) is 4.63. The van der Waals surface area contributed by atoms with E-state index in [1.807, 2.05) is 20.8 Å². The molecule has 0 unspecified atom stereocenters. The number of nitrogens with zero attached hydrogens (tertiary/aromatic N) is 1. The fourth-order valence-electron chi connectivity index (χ4n) is 3.19. The summed E-state index contributed by atoms with van der Waals surface area (Å²) in [7, 11) is -3.60. The van der Waals surface area contributed by atoms with E-state index in [4.69, 9.17) is 9.47 Å². The van der Waals surface area contributed by atoms with Gasteiger partial charge in [0.05, 0.1) is 18.1 Å². The van der Waals surface area contributed by atoms with Crippen LogP contribution in [-0.4, -0.2) is 56.3 Å². The summed E-state index contributed by atoms with van der Waals surface area (Å²) >= 11 is 0. The third kappa shape index (κ3) is 4.09. The Morgan fingerprint density at radius 1 is 1.08 bits per heavy atom. The van der Waals surface area contributed by atoms with Crippen molar-refractivity contribution in [3.63, 3.8) is 0 Å². The number of hydrogen-bond acceptors (Lipinski definition) is 5. The summed E-state index contributed by atoms with van der Waals surface area (Å²) in [5.74, 6) is -0.835. The number of carbonyl (C=O) groups excluding carboxylic acids is 1. The molecule has 7 nitrogen and oxygen atoms in total. The number of hydrogen-bond donors (Lipinski definition) is 1. The smallest absolute Gasteiger partial charge is 0.251 e. The minimum Gasteiger partial charge on any atom is -0.347 e. The quantitative estimate of drug-likeness (QED) is 0.861. The molecule has 2 aliphatic rings. The second-order valence-electron chi connectivity index (χ2n) is 7.74. The van der Waals surface area contributed by atoms with Gasteiger partial charge in [0.15, 0.2) is 5.79 Å². The minimum atomic E-state index is -3.60. The van der Waals surface area contributed by atoms with Gasteiger partial charge >= 0.3 is 0 Å². The molecule has 2 saturated heterocycles. The van der Waals surface area contributed by atoms with Crippen LogP contribution >= 0.6 is 0 Å². The molecule has 2 heterocycles. The van der Waals surface area contributed by atoms with Crippen LogP contribution in [0.25, 0.3) is 0 Å². The SMILES string of the molecule is CC(C)(C)NC(=O)c1ccc(S(=O)(=O)N2CCC3(CC2)OCCO3)cc1. The molecule has 1 spiro atoms. The molecule has 1 amide bonds. The lowest BCUT2D eigenvalue weighted by molar-refractivity contribution is -0.179. The van der Waals surface area contributed by atoms with Gasteiger partial charge in [-0.05, 0) is 45.0 Å². The van der Waals surface area contributed by atoms with Crippen molar-refractivity contribution in [2.24, 2.45) is 0 Å². The Balaban J connectivity index is 1.69. The maximum atomic E-state index is 12.8. The molecule has 26 heavy (non-hydrogen) atoms. The van der Waals surface area contributed by atoms with Gasteiger partial charge in [-0.2, -0.15) is 4.31 Å². The third-order valence-corrected chi connectivity index (χ3v) is 6.45. The van der Waals surface area contributed by atoms with E-state index in [0.29, 0.717) is 44.7 Å². The van der Waals surface area contributed by atoms with E-state index in [1.165, 1.54) is 16.4 Å². The zero-order chi connectivity index (χ0) is 19.0. The van der Waals surface area contributed by atoms with E-state index in [0.717, 1.165) is 0 Å². The van der Waals surface area contributed by atoms with Crippen molar-refractivity contribution in [2.75, 3.05) is 26.3 Å². The minimum absolute atomic E-state index is 0.189. The van der Waals surface area contributed by atoms with Crippen molar-refractivity contribution < 1.29 is 22.7 Å². The molecule has 1 aromatic carbocycles. The van der Waals surface area contributed by atoms with E-state index in [-0.39, 0.29) is 16.3 Å². The van der Waals surface area contributed by atoms with Gasteiger partial charge in [0, 0.05) is 37.0 Å². The van der Waals surface area contributed by atoms with E-state index in [2.05, 4.69) is 5.32 Å². The predicted octanol–water partition coefficient (Wildman–Crippen LogP) is 1.74. The lowest BCUT2D eigenvalue weighted by atomic mass is 10.1. The molecule has 0 saturated carbocycles. The van der Waals surface area contributed by atoms with Crippen molar-refractivity contribution in [1.29, 1.82) is 0 Å². The standard InChI is InChI=1S/C18H26N2O5S/c1-17(2,3)19-16(21)14-4-6-15(7-5-14)26(22,23)20-10-8-18(9-11-20)24-12-13-25-18/h4-7H,8-13H2,1-3H3,(H,19,21). The molecule has 1 aromatic rings. The molecule has 0 aromatic heterocycles. The van der Waals surface area contributed by atoms with Gasteiger partial charge in [0.2, 0.25) is 10.0 Å². The van der Waals surface area contributed by atoms with Gasteiger partial charge in [-0.25, -0.2) is 8.42 Å². The first-order valence-corrected chi connectivity index (χ1v) is 10.3. The maximum Gasteiger partial charge on any atom is 0.251 e. The first-order chi connectivity index (χ1) is 12.1. The normalized spacial score (nSPS) is 21.0. The van der Waals surface area contributed by atoms with E-state index >= 15 is 0 Å². The first kappa shape index (κ1) is 19.3. The molecular formula is C18H26N2O5S. The van der Waals surface area contributed by atoms with Gasteiger partial charge in [-0.3, -0.25) is 4.79 Å². The molecule has 0 bridgehead atoms. The summed E-state index contributed by atoms with van der Waals surface area (Å²) in [6.07, 6.45) is 1.05. The van der Waals surface area contributed by atoms with Crippen LogP contribution in [0.5, 0.6) is 0 Å². The molecule has 144 valence electrons. The van der Waals surface area contributed by atoms with Crippen LogP contribution in [0.2, 0.25) is 0 Å². The summed E-state index contributed by atoms with van der Waals surface area (Å²) in [5.41, 5.74) is 0.0833. The molecule has 8 heteroatoms. The number of ether oxygens (including phenoxy) is 2. The summed E-state index contributed by atoms with van der Waals surface area (Å²) in [5, 5.41) is 2.86. The molecule has 0 atom stereocenters. The van der Waals surface area contributed by atoms with Crippen LogP contribution in [0.1, 0.15) is 44.0 Å². The van der Waals surface area contributed by atoms with Gasteiger partial charge in [0.25, 0.3) is 5.91 Å². The van der Waals surface area contributed by atoms with Crippen LogP contribution in [-0.2, 0) is 19.5 Å². The Bertz CT molecular complexity index is 752.